The number of rotatable bonds is 4. The quantitative estimate of drug-likeness (QED) is 0.697. The first-order valence-electron chi connectivity index (χ1n) is 9.46. The molecule has 6 nitrogen and oxygen atoms in total. The highest BCUT2D eigenvalue weighted by molar-refractivity contribution is 5.57. The van der Waals surface area contributed by atoms with Crippen LogP contribution in [-0.4, -0.2) is 32.8 Å². The first kappa shape index (κ1) is 18.3. The van der Waals surface area contributed by atoms with E-state index in [1.54, 1.807) is 18.2 Å². The minimum absolute atomic E-state index is 0.116. The second-order valence-corrected chi connectivity index (χ2v) is 7.24. The second-order valence-electron chi connectivity index (χ2n) is 7.24. The van der Waals surface area contributed by atoms with Crippen LogP contribution in [0.2, 0.25) is 0 Å². The summed E-state index contributed by atoms with van der Waals surface area (Å²) in [7, 11) is 0. The Morgan fingerprint density at radius 1 is 1.04 bits per heavy atom. The van der Waals surface area contributed by atoms with Crippen molar-refractivity contribution in [3.8, 4) is 11.3 Å². The van der Waals surface area contributed by atoms with Crippen LogP contribution in [-0.2, 0) is 6.54 Å². The van der Waals surface area contributed by atoms with Crippen LogP contribution >= 0.6 is 0 Å². The maximum atomic E-state index is 13.1. The van der Waals surface area contributed by atoms with Gasteiger partial charge < -0.3 is 4.90 Å². The Labute approximate surface area is 162 Å². The average Bonchev–Trinajstić information content (AvgIpc) is 2.72. The Hall–Kier alpha value is -3.09. The van der Waals surface area contributed by atoms with Crippen LogP contribution in [0.5, 0.6) is 0 Å². The molecule has 4 rings (SSSR count). The van der Waals surface area contributed by atoms with Crippen LogP contribution in [0.3, 0.4) is 0 Å². The van der Waals surface area contributed by atoms with E-state index in [-0.39, 0.29) is 11.4 Å². The number of aryl methyl sites for hydroxylation is 1. The highest BCUT2D eigenvalue weighted by Crippen LogP contribution is 2.22. The van der Waals surface area contributed by atoms with Crippen LogP contribution in [0.25, 0.3) is 11.3 Å². The van der Waals surface area contributed by atoms with Gasteiger partial charge >= 0.3 is 0 Å². The number of hydrogen-bond acceptors (Lipinski definition) is 5. The van der Waals surface area contributed by atoms with Crippen LogP contribution in [0.4, 0.5) is 10.3 Å². The summed E-state index contributed by atoms with van der Waals surface area (Å²) in [6, 6.07) is 9.36. The van der Waals surface area contributed by atoms with Gasteiger partial charge in [0.2, 0.25) is 5.95 Å². The van der Waals surface area contributed by atoms with Crippen molar-refractivity contribution in [1.82, 2.24) is 19.7 Å². The van der Waals surface area contributed by atoms with Gasteiger partial charge in [0.25, 0.3) is 5.56 Å². The van der Waals surface area contributed by atoms with Crippen LogP contribution in [0.1, 0.15) is 18.4 Å². The molecule has 0 N–H and O–H groups in total. The third-order valence-corrected chi connectivity index (χ3v) is 5.10. The van der Waals surface area contributed by atoms with Crippen molar-refractivity contribution in [2.45, 2.75) is 26.3 Å². The molecule has 28 heavy (non-hydrogen) atoms. The molecule has 0 aliphatic carbocycles. The highest BCUT2D eigenvalue weighted by Gasteiger charge is 2.22. The lowest BCUT2D eigenvalue weighted by Gasteiger charge is -2.32. The summed E-state index contributed by atoms with van der Waals surface area (Å²) in [5, 5.41) is 4.50. The summed E-state index contributed by atoms with van der Waals surface area (Å²) >= 11 is 0. The lowest BCUT2D eigenvalue weighted by atomic mass is 9.97. The first-order valence-corrected chi connectivity index (χ1v) is 9.46. The minimum atomic E-state index is -0.290. The molecule has 0 unspecified atom stereocenters. The Balaban J connectivity index is 1.43. The molecule has 0 bridgehead atoms. The van der Waals surface area contributed by atoms with Gasteiger partial charge in [-0.25, -0.2) is 19.0 Å². The van der Waals surface area contributed by atoms with Crippen molar-refractivity contribution in [2.75, 3.05) is 18.0 Å². The molecule has 7 heteroatoms. The number of hydrogen-bond donors (Lipinski definition) is 0. The predicted molar refractivity (Wildman–Crippen MR) is 106 cm³/mol. The molecule has 1 fully saturated rings. The molecule has 1 aromatic carbocycles. The normalized spacial score (nSPS) is 15.0. The van der Waals surface area contributed by atoms with Gasteiger partial charge in [0.05, 0.1) is 5.69 Å². The molecule has 1 aliphatic heterocycles. The monoisotopic (exact) mass is 379 g/mol. The predicted octanol–water partition coefficient (Wildman–Crippen LogP) is 3.06. The van der Waals surface area contributed by atoms with Crippen LogP contribution in [0.15, 0.2) is 53.6 Å². The fraction of sp³-hybridized carbons (Fsp3) is 0.333. The maximum Gasteiger partial charge on any atom is 0.266 e. The Bertz CT molecular complexity index is 993. The fourth-order valence-corrected chi connectivity index (χ4v) is 3.46. The molecule has 0 atom stereocenters. The van der Waals surface area contributed by atoms with Gasteiger partial charge in [0, 0.05) is 43.7 Å². The van der Waals surface area contributed by atoms with E-state index in [1.165, 1.54) is 22.9 Å². The van der Waals surface area contributed by atoms with Gasteiger partial charge in [-0.2, -0.15) is 5.10 Å². The molecule has 0 spiro atoms. The van der Waals surface area contributed by atoms with Crippen molar-refractivity contribution < 1.29 is 4.39 Å². The standard InChI is InChI=1S/C21H22FN5O/c1-15-12-23-21(24-13-15)26-10-8-16(9-11-26)14-27-20(28)7-6-19(25-27)17-2-4-18(22)5-3-17/h2-7,12-13,16H,8-11,14H2,1H3. The zero-order chi connectivity index (χ0) is 19.5. The first-order chi connectivity index (χ1) is 13.6. The minimum Gasteiger partial charge on any atom is -0.341 e. The van der Waals surface area contributed by atoms with Crippen molar-refractivity contribution in [3.05, 3.63) is 70.5 Å². The molecule has 2 aromatic heterocycles. The van der Waals surface area contributed by atoms with Crippen molar-refractivity contribution >= 4 is 5.95 Å². The Morgan fingerprint density at radius 2 is 1.71 bits per heavy atom. The summed E-state index contributed by atoms with van der Waals surface area (Å²) in [6.07, 6.45) is 5.57. The summed E-state index contributed by atoms with van der Waals surface area (Å²) in [5.74, 6) is 0.842. The fourth-order valence-electron chi connectivity index (χ4n) is 3.46. The Kier molecular flexibility index (Phi) is 5.14. The second kappa shape index (κ2) is 7.88. The smallest absolute Gasteiger partial charge is 0.266 e. The molecule has 3 aromatic rings. The number of halogens is 1. The lowest BCUT2D eigenvalue weighted by Crippen LogP contribution is -2.37. The number of aromatic nitrogens is 4. The summed E-state index contributed by atoms with van der Waals surface area (Å²) in [4.78, 5) is 23.2. The largest absolute Gasteiger partial charge is 0.341 e. The molecule has 0 radical (unpaired) electrons. The molecule has 1 aliphatic rings. The molecule has 0 amide bonds. The lowest BCUT2D eigenvalue weighted by molar-refractivity contribution is 0.334. The van der Waals surface area contributed by atoms with Crippen molar-refractivity contribution in [2.24, 2.45) is 5.92 Å². The van der Waals surface area contributed by atoms with Gasteiger partial charge in [-0.3, -0.25) is 4.79 Å². The third kappa shape index (κ3) is 4.08. The zero-order valence-electron chi connectivity index (χ0n) is 15.8. The van der Waals surface area contributed by atoms with E-state index in [1.807, 2.05) is 19.3 Å². The molecule has 0 saturated carbocycles. The van der Waals surface area contributed by atoms with Crippen LogP contribution < -0.4 is 10.5 Å². The van der Waals surface area contributed by atoms with Gasteiger partial charge in [-0.1, -0.05) is 0 Å². The van der Waals surface area contributed by atoms with Gasteiger partial charge in [-0.05, 0) is 61.6 Å². The van der Waals surface area contributed by atoms with Crippen molar-refractivity contribution in [1.29, 1.82) is 0 Å². The third-order valence-electron chi connectivity index (χ3n) is 5.10. The van der Waals surface area contributed by atoms with E-state index in [9.17, 15) is 9.18 Å². The SMILES string of the molecule is Cc1cnc(N2CCC(Cn3nc(-c4ccc(F)cc4)ccc3=O)CC2)nc1. The van der Waals surface area contributed by atoms with Gasteiger partial charge in [0.15, 0.2) is 0 Å². The average molecular weight is 379 g/mol. The van der Waals surface area contributed by atoms with E-state index in [0.29, 0.717) is 18.2 Å². The van der Waals surface area contributed by atoms with Crippen LogP contribution in [0, 0.1) is 18.7 Å². The van der Waals surface area contributed by atoms with E-state index in [0.717, 1.165) is 43.0 Å². The summed E-state index contributed by atoms with van der Waals surface area (Å²) in [5.41, 5.74) is 2.40. The van der Waals surface area contributed by atoms with E-state index < -0.39 is 0 Å². The van der Waals surface area contributed by atoms with E-state index >= 15 is 0 Å². The number of nitrogens with zero attached hydrogens (tertiary/aromatic N) is 5. The zero-order valence-corrected chi connectivity index (χ0v) is 15.8. The van der Waals surface area contributed by atoms with Gasteiger partial charge in [-0.15, -0.1) is 0 Å². The Morgan fingerprint density at radius 3 is 2.39 bits per heavy atom. The summed E-state index contributed by atoms with van der Waals surface area (Å²) in [6.45, 7) is 4.28. The molecular weight excluding hydrogens is 357 g/mol. The molecule has 144 valence electrons. The van der Waals surface area contributed by atoms with E-state index in [4.69, 9.17) is 0 Å². The van der Waals surface area contributed by atoms with Gasteiger partial charge in [0.1, 0.15) is 5.82 Å². The maximum absolute atomic E-state index is 13.1. The number of anilines is 1. The highest BCUT2D eigenvalue weighted by atomic mass is 19.1. The topological polar surface area (TPSA) is 63.9 Å². The summed E-state index contributed by atoms with van der Waals surface area (Å²) < 4.78 is 14.7. The molecular formula is C21H22FN5O. The molecule has 1 saturated heterocycles. The number of benzene rings is 1. The molecule has 3 heterocycles. The number of piperidine rings is 1. The van der Waals surface area contributed by atoms with E-state index in [2.05, 4.69) is 20.0 Å². The van der Waals surface area contributed by atoms with Crippen molar-refractivity contribution in [3.63, 3.8) is 0 Å².